The summed E-state index contributed by atoms with van der Waals surface area (Å²) in [4.78, 5) is 55.7. The average Bonchev–Trinajstić information content (AvgIpc) is 3.42. The molecule has 0 fully saturated rings. The predicted molar refractivity (Wildman–Crippen MR) is 276 cm³/mol. The van der Waals surface area contributed by atoms with E-state index < -0.39 is 11.9 Å². The van der Waals surface area contributed by atoms with Crippen molar-refractivity contribution in [2.75, 3.05) is 73.4 Å². The van der Waals surface area contributed by atoms with Gasteiger partial charge < -0.3 is 42.6 Å². The van der Waals surface area contributed by atoms with Crippen LogP contribution in [-0.4, -0.2) is 97.4 Å². The van der Waals surface area contributed by atoms with Crippen LogP contribution in [0.5, 0.6) is 28.7 Å². The number of esters is 2. The van der Waals surface area contributed by atoms with Crippen molar-refractivity contribution < 1.29 is 71.6 Å². The number of methoxy groups -OCH3 is 1. The molecule has 392 valence electrons. The molecule has 0 N–H and O–H groups in total. The highest BCUT2D eigenvalue weighted by atomic mass is 17.2. The van der Waals surface area contributed by atoms with Gasteiger partial charge >= 0.3 is 11.9 Å². The lowest BCUT2D eigenvalue weighted by atomic mass is 10.0. The Bertz CT molecular complexity index is 2500. The monoisotopic (exact) mass is 1020 g/mol. The van der Waals surface area contributed by atoms with Crippen LogP contribution in [0.4, 0.5) is 0 Å². The summed E-state index contributed by atoms with van der Waals surface area (Å²) >= 11 is 0. The van der Waals surface area contributed by atoms with Gasteiger partial charge in [0, 0.05) is 24.7 Å². The number of ether oxygens (including phenoxy) is 9. The molecular weight excluding hydrogens is 951 g/mol. The molecular formula is C58H65NO15. The van der Waals surface area contributed by atoms with E-state index in [-0.39, 0.29) is 31.9 Å². The quantitative estimate of drug-likeness (QED) is 0.00318. The Morgan fingerprint density at radius 2 is 1.16 bits per heavy atom. The fourth-order valence-electron chi connectivity index (χ4n) is 6.41. The topological polar surface area (TPSA) is 194 Å². The number of Topliss-reactive ketones (excluding diaryl/α,β-unsaturated/α-hetero) is 1. The average molecular weight is 1020 g/mol. The Hall–Kier alpha value is -7.81. The zero-order valence-corrected chi connectivity index (χ0v) is 42.1. The van der Waals surface area contributed by atoms with Crippen molar-refractivity contribution in [3.8, 4) is 34.8 Å². The molecule has 0 heterocycles. The molecule has 0 saturated heterocycles. The number of hydrogen-bond acceptors (Lipinski definition) is 16. The number of aldehydes is 1. The molecule has 16 nitrogen and oxygen atoms in total. The summed E-state index contributed by atoms with van der Waals surface area (Å²) in [6.07, 6.45) is 7.15. The molecule has 0 saturated carbocycles. The molecule has 5 aromatic carbocycles. The number of benzene rings is 5. The summed E-state index contributed by atoms with van der Waals surface area (Å²) in [5.41, 5.74) is 3.96. The number of aryl methyl sites for hydroxylation is 1. The van der Waals surface area contributed by atoms with Crippen molar-refractivity contribution in [3.05, 3.63) is 168 Å². The van der Waals surface area contributed by atoms with Crippen molar-refractivity contribution in [2.45, 2.75) is 51.9 Å². The van der Waals surface area contributed by atoms with Crippen LogP contribution in [0.25, 0.3) is 5.76 Å². The lowest BCUT2D eigenvalue weighted by Gasteiger charge is -2.12. The summed E-state index contributed by atoms with van der Waals surface area (Å²) in [6, 6.07) is 35.5. The van der Waals surface area contributed by atoms with Crippen LogP contribution in [0.15, 0.2) is 134 Å². The number of unbranched alkanes of at least 4 members (excludes halogenated alkanes) is 4. The molecule has 0 aliphatic heterocycles. The van der Waals surface area contributed by atoms with Crippen LogP contribution in [0.3, 0.4) is 0 Å². The van der Waals surface area contributed by atoms with Crippen LogP contribution in [-0.2, 0) is 44.7 Å². The Kier molecular flexibility index (Phi) is 28.1. The van der Waals surface area contributed by atoms with E-state index in [2.05, 4.69) is 24.0 Å². The van der Waals surface area contributed by atoms with Crippen molar-refractivity contribution in [1.82, 2.24) is 0 Å². The van der Waals surface area contributed by atoms with Gasteiger partial charge in [0.2, 0.25) is 13.1 Å². The van der Waals surface area contributed by atoms with Gasteiger partial charge in [-0.1, -0.05) is 36.9 Å². The second-order valence-electron chi connectivity index (χ2n) is 16.1. The minimum atomic E-state index is -0.827. The van der Waals surface area contributed by atoms with Crippen molar-refractivity contribution in [1.29, 1.82) is 5.26 Å². The Labute approximate surface area is 433 Å². The van der Waals surface area contributed by atoms with Crippen LogP contribution >= 0.6 is 0 Å². The lowest BCUT2D eigenvalue weighted by Crippen LogP contribution is -2.10. The molecule has 0 radical (unpaired) electrons. The first-order chi connectivity index (χ1) is 36.1. The van der Waals surface area contributed by atoms with E-state index in [9.17, 15) is 19.2 Å². The number of rotatable bonds is 35. The highest BCUT2D eigenvalue weighted by molar-refractivity contribution is 6.20. The molecule has 0 spiro atoms. The Morgan fingerprint density at radius 3 is 1.80 bits per heavy atom. The molecule has 0 amide bonds. The molecule has 0 aliphatic rings. The number of nitriles is 1. The van der Waals surface area contributed by atoms with Gasteiger partial charge in [-0.2, -0.15) is 5.26 Å². The van der Waals surface area contributed by atoms with E-state index >= 15 is 0 Å². The summed E-state index contributed by atoms with van der Waals surface area (Å²) in [7, 11) is 1.62. The number of ketones is 1. The maximum atomic E-state index is 12.7. The molecule has 0 bridgehead atoms. The molecule has 0 unspecified atom stereocenters. The van der Waals surface area contributed by atoms with Crippen LogP contribution in [0.1, 0.15) is 81.5 Å². The van der Waals surface area contributed by atoms with E-state index in [1.54, 1.807) is 104 Å². The van der Waals surface area contributed by atoms with Crippen molar-refractivity contribution in [3.63, 3.8) is 0 Å². The predicted octanol–water partition coefficient (Wildman–Crippen LogP) is 10.2. The number of hydrogen-bond donors (Lipinski definition) is 0. The second-order valence-corrected chi connectivity index (χ2v) is 16.1. The normalized spacial score (nSPS) is 10.4. The minimum Gasteiger partial charge on any atom is -0.494 e. The molecule has 0 aromatic heterocycles. The van der Waals surface area contributed by atoms with Gasteiger partial charge in [0.05, 0.1) is 63.4 Å². The SMILES string of the molecule is C=CCOOCCCCOc1ccc(OCOc2ccc(OC(=O)c3ccc(C(=C)OCCOCCOC)cc3)c(C)c2)cc1.N#Cc1ccc(CC(=O)c2ccc(OCCCCCCOC(=O)C=O)cc2)cc1. The molecule has 5 aromatic rings. The first-order valence-corrected chi connectivity index (χ1v) is 24.1. The Morgan fingerprint density at radius 1 is 0.595 bits per heavy atom. The minimum absolute atomic E-state index is 0.00883. The van der Waals surface area contributed by atoms with Gasteiger partial charge in [-0.3, -0.25) is 9.59 Å². The first kappa shape index (κ1) is 58.8. The number of carbonyl (C=O) groups is 4. The third-order valence-electron chi connectivity index (χ3n) is 10.4. The highest BCUT2D eigenvalue weighted by Crippen LogP contribution is 2.26. The van der Waals surface area contributed by atoms with E-state index in [1.165, 1.54) is 0 Å². The maximum absolute atomic E-state index is 12.7. The van der Waals surface area contributed by atoms with E-state index in [0.29, 0.717) is 98.3 Å². The van der Waals surface area contributed by atoms with Gasteiger partial charge in [-0.05, 0) is 148 Å². The zero-order valence-electron chi connectivity index (χ0n) is 42.1. The lowest BCUT2D eigenvalue weighted by molar-refractivity contribution is -0.286. The third-order valence-corrected chi connectivity index (χ3v) is 10.4. The molecule has 74 heavy (non-hydrogen) atoms. The third kappa shape index (κ3) is 23.6. The number of carbonyl (C=O) groups excluding carboxylic acids is 4. The fraction of sp³-hybridized carbons (Fsp3) is 0.328. The highest BCUT2D eigenvalue weighted by Gasteiger charge is 2.13. The van der Waals surface area contributed by atoms with Crippen LogP contribution in [0, 0.1) is 18.3 Å². The van der Waals surface area contributed by atoms with E-state index in [1.807, 2.05) is 31.2 Å². The van der Waals surface area contributed by atoms with E-state index in [4.69, 9.17) is 52.9 Å². The van der Waals surface area contributed by atoms with Crippen LogP contribution in [0.2, 0.25) is 0 Å². The van der Waals surface area contributed by atoms with Gasteiger partial charge in [-0.15, -0.1) is 6.58 Å². The van der Waals surface area contributed by atoms with Crippen LogP contribution < -0.4 is 23.7 Å². The smallest absolute Gasteiger partial charge is 0.371 e. The van der Waals surface area contributed by atoms with Gasteiger partial charge in [0.15, 0.2) is 5.78 Å². The van der Waals surface area contributed by atoms with Gasteiger partial charge in [-0.25, -0.2) is 19.4 Å². The van der Waals surface area contributed by atoms with Crippen molar-refractivity contribution in [2.24, 2.45) is 0 Å². The fourth-order valence-corrected chi connectivity index (χ4v) is 6.41. The number of nitrogens with zero attached hydrogens (tertiary/aromatic N) is 1. The molecule has 0 atom stereocenters. The van der Waals surface area contributed by atoms with Gasteiger partial charge in [0.25, 0.3) is 0 Å². The largest absolute Gasteiger partial charge is 0.494 e. The summed E-state index contributed by atoms with van der Waals surface area (Å²) in [5.74, 6) is 2.31. The molecule has 0 aliphatic carbocycles. The molecule has 5 rings (SSSR count). The van der Waals surface area contributed by atoms with Gasteiger partial charge in [0.1, 0.15) is 47.7 Å². The molecule has 16 heteroatoms. The summed E-state index contributed by atoms with van der Waals surface area (Å²) in [5, 5.41) is 8.81. The van der Waals surface area contributed by atoms with E-state index in [0.717, 1.165) is 61.0 Å². The van der Waals surface area contributed by atoms with Crippen molar-refractivity contribution >= 4 is 29.8 Å². The Balaban J connectivity index is 0.000000352. The first-order valence-electron chi connectivity index (χ1n) is 24.1. The zero-order chi connectivity index (χ0) is 53.0. The summed E-state index contributed by atoms with van der Waals surface area (Å²) < 4.78 is 49.0. The standard InChI is InChI=1S/C35H42O10.C23H23NO5/c1-5-18-43-44-20-7-6-19-40-31-12-14-32(15-13-31)41-26-42-33-16-17-34(27(2)25-33)45-35(36)30-10-8-29(9-11-30)28(3)39-24-23-38-22-21-37-4;24-16-19-7-5-18(6-8-19)15-22(26)20-9-11-21(12-10-20)28-13-3-1-2-4-14-29-23(27)17-25/h5,8-17,25H,1,3,6-7,18-24,26H2,2,4H3;5-12,17H,1-4,13-15H2. The summed E-state index contributed by atoms with van der Waals surface area (Å²) in [6.45, 7) is 13.4. The maximum Gasteiger partial charge on any atom is 0.371 e. The second kappa shape index (κ2) is 35.3.